The fraction of sp³-hybridized carbons (Fsp3) is 0.250. The number of carbonyl (C=O) groups is 4. The van der Waals surface area contributed by atoms with Crippen LogP contribution in [0.5, 0.6) is 5.75 Å². The molecule has 0 fully saturated rings. The Balaban J connectivity index is 1.35. The molecular formula is C28H27N3O6S. The number of benzene rings is 2. The molecular weight excluding hydrogens is 506 g/mol. The van der Waals surface area contributed by atoms with Crippen molar-refractivity contribution in [2.45, 2.75) is 33.1 Å². The van der Waals surface area contributed by atoms with Crippen molar-refractivity contribution in [1.29, 1.82) is 0 Å². The first-order valence-electron chi connectivity index (χ1n) is 12.2. The molecule has 1 atom stereocenters. The number of fused-ring (bicyclic) bond motifs is 1. The lowest BCUT2D eigenvalue weighted by Gasteiger charge is -2.18. The number of carbonyl (C=O) groups excluding carboxylic acids is 4. The molecule has 2 N–H and O–H groups in total. The number of hydrazone groups is 1. The second-order valence-electron chi connectivity index (χ2n) is 8.75. The molecule has 4 rings (SSSR count). The van der Waals surface area contributed by atoms with Crippen molar-refractivity contribution < 1.29 is 28.7 Å². The summed E-state index contributed by atoms with van der Waals surface area (Å²) in [6, 6.07) is 15.1. The summed E-state index contributed by atoms with van der Waals surface area (Å²) in [6.45, 7) is 4.06. The lowest BCUT2D eigenvalue weighted by atomic mass is 9.88. The average molecular weight is 534 g/mol. The third kappa shape index (κ3) is 6.51. The van der Waals surface area contributed by atoms with Gasteiger partial charge in [0.1, 0.15) is 10.8 Å². The van der Waals surface area contributed by atoms with Crippen LogP contribution in [0.15, 0.2) is 59.7 Å². The van der Waals surface area contributed by atoms with E-state index in [1.807, 2.05) is 6.07 Å². The number of ether oxygens (including phenoxy) is 2. The predicted molar refractivity (Wildman–Crippen MR) is 144 cm³/mol. The molecule has 0 saturated heterocycles. The first-order chi connectivity index (χ1) is 18.4. The van der Waals surface area contributed by atoms with Crippen LogP contribution in [0.25, 0.3) is 0 Å². The first kappa shape index (κ1) is 26.7. The molecule has 1 aromatic heterocycles. The van der Waals surface area contributed by atoms with Gasteiger partial charge < -0.3 is 14.8 Å². The van der Waals surface area contributed by atoms with Crippen molar-refractivity contribution in [3.05, 3.63) is 81.7 Å². The number of rotatable bonds is 7. The minimum Gasteiger partial charge on any atom is -0.462 e. The van der Waals surface area contributed by atoms with Gasteiger partial charge in [0.15, 0.2) is 0 Å². The molecule has 0 spiro atoms. The molecule has 38 heavy (non-hydrogen) atoms. The summed E-state index contributed by atoms with van der Waals surface area (Å²) < 4.78 is 10.5. The third-order valence-electron chi connectivity index (χ3n) is 5.90. The Morgan fingerprint density at radius 2 is 1.76 bits per heavy atom. The highest BCUT2D eigenvalue weighted by Gasteiger charge is 2.30. The number of nitrogens with zero attached hydrogens (tertiary/aromatic N) is 1. The normalized spacial score (nSPS) is 14.4. The smallest absolute Gasteiger partial charge is 0.343 e. The molecule has 0 saturated carbocycles. The molecule has 1 aliphatic carbocycles. The van der Waals surface area contributed by atoms with E-state index in [4.69, 9.17) is 9.47 Å². The standard InChI is InChI=1S/C28H27N3O6S/c1-3-36-28(35)23-21-14-9-17(2)15-22(21)38-26(23)30-24(32)25(33)31-29-16-18-10-12-20(13-11-18)37-27(34)19-7-5-4-6-8-19/h4-8,10-13,16-17H,3,9,14-15H2,1-2H3,(H,30,32)(H,31,33)/b29-16-/t17-/m1/s1. The Bertz CT molecular complexity index is 1370. The summed E-state index contributed by atoms with van der Waals surface area (Å²) >= 11 is 1.30. The van der Waals surface area contributed by atoms with Crippen LogP contribution < -0.4 is 15.5 Å². The second-order valence-corrected chi connectivity index (χ2v) is 9.86. The van der Waals surface area contributed by atoms with Crippen molar-refractivity contribution in [3.63, 3.8) is 0 Å². The van der Waals surface area contributed by atoms with Gasteiger partial charge in [-0.15, -0.1) is 11.3 Å². The maximum Gasteiger partial charge on any atom is 0.343 e. The van der Waals surface area contributed by atoms with Crippen LogP contribution in [0.1, 0.15) is 57.0 Å². The Morgan fingerprint density at radius 1 is 1.03 bits per heavy atom. The van der Waals surface area contributed by atoms with Gasteiger partial charge in [-0.3, -0.25) is 9.59 Å². The highest BCUT2D eigenvalue weighted by molar-refractivity contribution is 7.17. The monoisotopic (exact) mass is 533 g/mol. The molecule has 2 amide bonds. The quantitative estimate of drug-likeness (QED) is 0.153. The summed E-state index contributed by atoms with van der Waals surface area (Å²) in [7, 11) is 0. The van der Waals surface area contributed by atoms with Crippen LogP contribution in [-0.2, 0) is 27.2 Å². The van der Waals surface area contributed by atoms with E-state index in [9.17, 15) is 19.2 Å². The van der Waals surface area contributed by atoms with Gasteiger partial charge in [0, 0.05) is 4.88 Å². The van der Waals surface area contributed by atoms with E-state index in [0.717, 1.165) is 29.7 Å². The molecule has 0 bridgehead atoms. The van der Waals surface area contributed by atoms with Crippen LogP contribution in [0.2, 0.25) is 0 Å². The summed E-state index contributed by atoms with van der Waals surface area (Å²) in [5.41, 5.74) is 4.44. The number of amides is 2. The highest BCUT2D eigenvalue weighted by atomic mass is 32.1. The molecule has 0 radical (unpaired) electrons. The lowest BCUT2D eigenvalue weighted by molar-refractivity contribution is -0.136. The van der Waals surface area contributed by atoms with Crippen LogP contribution in [0.4, 0.5) is 5.00 Å². The van der Waals surface area contributed by atoms with Gasteiger partial charge in [-0.2, -0.15) is 5.10 Å². The lowest BCUT2D eigenvalue weighted by Crippen LogP contribution is -2.32. The number of hydrogen-bond acceptors (Lipinski definition) is 8. The van der Waals surface area contributed by atoms with E-state index in [1.54, 1.807) is 55.5 Å². The largest absolute Gasteiger partial charge is 0.462 e. The van der Waals surface area contributed by atoms with Crippen molar-refractivity contribution in [3.8, 4) is 5.75 Å². The van der Waals surface area contributed by atoms with Gasteiger partial charge in [0.2, 0.25) is 0 Å². The zero-order chi connectivity index (χ0) is 27.1. The number of esters is 2. The van der Waals surface area contributed by atoms with E-state index in [1.165, 1.54) is 17.6 Å². The van der Waals surface area contributed by atoms with Gasteiger partial charge in [-0.05, 0) is 79.6 Å². The number of nitrogens with one attached hydrogen (secondary N) is 2. The zero-order valence-corrected chi connectivity index (χ0v) is 21.8. The van der Waals surface area contributed by atoms with E-state index in [-0.39, 0.29) is 6.61 Å². The van der Waals surface area contributed by atoms with Crippen molar-refractivity contribution in [2.75, 3.05) is 11.9 Å². The Hall–Kier alpha value is -4.31. The van der Waals surface area contributed by atoms with E-state index in [0.29, 0.717) is 33.4 Å². The van der Waals surface area contributed by atoms with Crippen LogP contribution >= 0.6 is 11.3 Å². The van der Waals surface area contributed by atoms with Crippen molar-refractivity contribution >= 4 is 46.3 Å². The minimum absolute atomic E-state index is 0.207. The molecule has 1 aliphatic rings. The summed E-state index contributed by atoms with van der Waals surface area (Å²) in [6.07, 6.45) is 3.82. The van der Waals surface area contributed by atoms with Crippen molar-refractivity contribution in [1.82, 2.24) is 5.43 Å². The third-order valence-corrected chi connectivity index (χ3v) is 7.07. The highest BCUT2D eigenvalue weighted by Crippen LogP contribution is 2.40. The fourth-order valence-corrected chi connectivity index (χ4v) is 5.39. The Kier molecular flexibility index (Phi) is 8.65. The van der Waals surface area contributed by atoms with Gasteiger partial charge in [-0.1, -0.05) is 25.1 Å². The minimum atomic E-state index is -0.982. The molecule has 1 heterocycles. The van der Waals surface area contributed by atoms with Gasteiger partial charge in [0.05, 0.1) is 23.9 Å². The zero-order valence-electron chi connectivity index (χ0n) is 21.0. The number of anilines is 1. The maximum atomic E-state index is 12.6. The second kappa shape index (κ2) is 12.3. The van der Waals surface area contributed by atoms with Gasteiger partial charge >= 0.3 is 23.8 Å². The molecule has 0 aliphatic heterocycles. The summed E-state index contributed by atoms with van der Waals surface area (Å²) in [5.74, 6) is -2.08. The topological polar surface area (TPSA) is 123 Å². The Labute approximate surface area is 223 Å². The van der Waals surface area contributed by atoms with Gasteiger partial charge in [-0.25, -0.2) is 15.0 Å². The Morgan fingerprint density at radius 3 is 2.47 bits per heavy atom. The molecule has 3 aromatic rings. The first-order valence-corrected chi connectivity index (χ1v) is 13.0. The summed E-state index contributed by atoms with van der Waals surface area (Å²) in [5, 5.41) is 6.69. The van der Waals surface area contributed by atoms with E-state index < -0.39 is 23.8 Å². The predicted octanol–water partition coefficient (Wildman–Crippen LogP) is 4.36. The van der Waals surface area contributed by atoms with Crippen LogP contribution in [0.3, 0.4) is 0 Å². The van der Waals surface area contributed by atoms with Crippen molar-refractivity contribution in [2.24, 2.45) is 11.0 Å². The average Bonchev–Trinajstić information content (AvgIpc) is 3.27. The maximum absolute atomic E-state index is 12.6. The SMILES string of the molecule is CCOC(=O)c1c(NC(=O)C(=O)N/N=C\c2ccc(OC(=O)c3ccccc3)cc2)sc2c1CC[C@@H](C)C2. The molecule has 196 valence electrons. The molecule has 9 nitrogen and oxygen atoms in total. The molecule has 10 heteroatoms. The number of thiophene rings is 1. The van der Waals surface area contributed by atoms with Crippen LogP contribution in [-0.4, -0.2) is 36.6 Å². The van der Waals surface area contributed by atoms with E-state index in [2.05, 4.69) is 22.8 Å². The summed E-state index contributed by atoms with van der Waals surface area (Å²) in [4.78, 5) is 50.6. The number of hydrogen-bond donors (Lipinski definition) is 2. The van der Waals surface area contributed by atoms with Gasteiger partial charge in [0.25, 0.3) is 0 Å². The molecule has 2 aromatic carbocycles. The van der Waals surface area contributed by atoms with Crippen LogP contribution in [0, 0.1) is 5.92 Å². The van der Waals surface area contributed by atoms with E-state index >= 15 is 0 Å². The fourth-order valence-electron chi connectivity index (χ4n) is 4.00. The molecule has 0 unspecified atom stereocenters.